The van der Waals surface area contributed by atoms with E-state index in [1.807, 2.05) is 7.05 Å². The Bertz CT molecular complexity index is 51.7. The summed E-state index contributed by atoms with van der Waals surface area (Å²) in [6.45, 7) is 1.87. The lowest BCUT2D eigenvalue weighted by atomic mass is 10.5. The number of rotatable bonds is 1. The Kier molecular flexibility index (Phi) is 1.62. The highest BCUT2D eigenvalue weighted by Crippen LogP contribution is 1.97. The summed E-state index contributed by atoms with van der Waals surface area (Å²) in [6, 6.07) is 0. The largest absolute Gasteiger partial charge is 0.284 e. The standard InChI is InChI=1S/C4H10N2O/c1-5-6-3-2-4-7-6/h5H,2-4H2,1H3. The minimum absolute atomic E-state index is 0.862. The SMILES string of the molecule is CNN1CCCO1. The molecule has 42 valence electrons. The highest BCUT2D eigenvalue weighted by atomic mass is 16.7. The second-order valence-electron chi connectivity index (χ2n) is 1.51. The second kappa shape index (κ2) is 2.26. The lowest BCUT2D eigenvalue weighted by Gasteiger charge is -2.08. The van der Waals surface area contributed by atoms with Crippen molar-refractivity contribution in [3.8, 4) is 0 Å². The summed E-state index contributed by atoms with van der Waals surface area (Å²) in [7, 11) is 1.85. The first-order chi connectivity index (χ1) is 3.43. The molecule has 1 fully saturated rings. The van der Waals surface area contributed by atoms with E-state index in [1.54, 1.807) is 5.17 Å². The molecule has 0 spiro atoms. The number of hydrazine groups is 1. The smallest absolute Gasteiger partial charge is 0.0715 e. The molecule has 0 aromatic heterocycles. The molecule has 0 aliphatic carbocycles. The van der Waals surface area contributed by atoms with Crippen molar-refractivity contribution >= 4 is 0 Å². The molecular formula is C4H10N2O. The van der Waals surface area contributed by atoms with E-state index in [-0.39, 0.29) is 0 Å². The summed E-state index contributed by atoms with van der Waals surface area (Å²) in [5, 5.41) is 1.74. The molecule has 1 rings (SSSR count). The normalized spacial score (nSPS) is 23.6. The van der Waals surface area contributed by atoms with Crippen LogP contribution in [0.25, 0.3) is 0 Å². The lowest BCUT2D eigenvalue weighted by Crippen LogP contribution is -2.30. The van der Waals surface area contributed by atoms with Crippen LogP contribution in [0, 0.1) is 0 Å². The van der Waals surface area contributed by atoms with Gasteiger partial charge in [0.15, 0.2) is 0 Å². The van der Waals surface area contributed by atoms with E-state index in [1.165, 1.54) is 0 Å². The summed E-state index contributed by atoms with van der Waals surface area (Å²) < 4.78 is 0. The molecule has 0 unspecified atom stereocenters. The monoisotopic (exact) mass is 102 g/mol. The van der Waals surface area contributed by atoms with Gasteiger partial charge in [0.1, 0.15) is 0 Å². The van der Waals surface area contributed by atoms with Crippen LogP contribution in [0.1, 0.15) is 6.42 Å². The molecule has 0 atom stereocenters. The van der Waals surface area contributed by atoms with Crippen molar-refractivity contribution < 1.29 is 4.84 Å². The van der Waals surface area contributed by atoms with Crippen LogP contribution in [0.15, 0.2) is 0 Å². The van der Waals surface area contributed by atoms with Gasteiger partial charge in [-0.15, -0.1) is 5.17 Å². The Labute approximate surface area is 43.2 Å². The topological polar surface area (TPSA) is 24.5 Å². The third-order valence-corrected chi connectivity index (χ3v) is 1.00. The van der Waals surface area contributed by atoms with Gasteiger partial charge in [-0.1, -0.05) is 0 Å². The van der Waals surface area contributed by atoms with Crippen molar-refractivity contribution in [2.24, 2.45) is 0 Å². The zero-order valence-electron chi connectivity index (χ0n) is 4.48. The molecule has 0 radical (unpaired) electrons. The number of hydrogen-bond donors (Lipinski definition) is 1. The molecule has 0 saturated carbocycles. The zero-order chi connectivity index (χ0) is 5.11. The van der Waals surface area contributed by atoms with Crippen LogP contribution >= 0.6 is 0 Å². The van der Waals surface area contributed by atoms with Crippen LogP contribution in [0.5, 0.6) is 0 Å². The summed E-state index contributed by atoms with van der Waals surface area (Å²) in [5.41, 5.74) is 2.88. The highest BCUT2D eigenvalue weighted by Gasteiger charge is 2.07. The van der Waals surface area contributed by atoms with E-state index in [0.29, 0.717) is 0 Å². The van der Waals surface area contributed by atoms with E-state index >= 15 is 0 Å². The molecule has 0 bridgehead atoms. The first-order valence-corrected chi connectivity index (χ1v) is 2.51. The van der Waals surface area contributed by atoms with Crippen LogP contribution in [0.3, 0.4) is 0 Å². The highest BCUT2D eigenvalue weighted by molar-refractivity contribution is 4.44. The van der Waals surface area contributed by atoms with Gasteiger partial charge in [-0.25, -0.2) is 5.43 Å². The van der Waals surface area contributed by atoms with Crippen molar-refractivity contribution in [1.29, 1.82) is 0 Å². The van der Waals surface area contributed by atoms with Gasteiger partial charge in [0.2, 0.25) is 0 Å². The summed E-state index contributed by atoms with van der Waals surface area (Å²) in [4.78, 5) is 5.02. The third kappa shape index (κ3) is 1.12. The number of nitrogens with zero attached hydrogens (tertiary/aromatic N) is 1. The first kappa shape index (κ1) is 5.03. The summed E-state index contributed by atoms with van der Waals surface area (Å²) in [5.74, 6) is 0. The van der Waals surface area contributed by atoms with Crippen LogP contribution in [-0.4, -0.2) is 25.4 Å². The molecule has 0 amide bonds. The van der Waals surface area contributed by atoms with Crippen molar-refractivity contribution in [2.45, 2.75) is 6.42 Å². The van der Waals surface area contributed by atoms with Gasteiger partial charge in [0.25, 0.3) is 0 Å². The van der Waals surface area contributed by atoms with Crippen molar-refractivity contribution in [2.75, 3.05) is 20.2 Å². The van der Waals surface area contributed by atoms with E-state index in [0.717, 1.165) is 19.6 Å². The maximum atomic E-state index is 5.02. The average Bonchev–Trinajstić information content (AvgIpc) is 2.14. The maximum absolute atomic E-state index is 5.02. The fourth-order valence-electron chi connectivity index (χ4n) is 0.624. The molecule has 0 aromatic rings. The quantitative estimate of drug-likeness (QED) is 0.494. The molecule has 1 heterocycles. The first-order valence-electron chi connectivity index (χ1n) is 2.51. The van der Waals surface area contributed by atoms with Gasteiger partial charge >= 0.3 is 0 Å². The Morgan fingerprint density at radius 3 is 2.86 bits per heavy atom. The van der Waals surface area contributed by atoms with Crippen molar-refractivity contribution in [3.05, 3.63) is 0 Å². The van der Waals surface area contributed by atoms with Gasteiger partial charge in [-0.3, -0.25) is 4.84 Å². The molecule has 0 aromatic carbocycles. The maximum Gasteiger partial charge on any atom is 0.0715 e. The Balaban J connectivity index is 2.14. The van der Waals surface area contributed by atoms with Crippen molar-refractivity contribution in [1.82, 2.24) is 10.6 Å². The van der Waals surface area contributed by atoms with Crippen LogP contribution in [-0.2, 0) is 4.84 Å². The second-order valence-corrected chi connectivity index (χ2v) is 1.51. The van der Waals surface area contributed by atoms with Crippen LogP contribution in [0.4, 0.5) is 0 Å². The van der Waals surface area contributed by atoms with E-state index in [2.05, 4.69) is 5.43 Å². The average molecular weight is 102 g/mol. The lowest BCUT2D eigenvalue weighted by molar-refractivity contribution is -0.144. The molecule has 7 heavy (non-hydrogen) atoms. The minimum atomic E-state index is 0.862. The molecule has 1 aliphatic heterocycles. The third-order valence-electron chi connectivity index (χ3n) is 1.00. The zero-order valence-corrected chi connectivity index (χ0v) is 4.48. The fourth-order valence-corrected chi connectivity index (χ4v) is 0.624. The molecule has 3 nitrogen and oxygen atoms in total. The van der Waals surface area contributed by atoms with Gasteiger partial charge in [0, 0.05) is 13.6 Å². The van der Waals surface area contributed by atoms with Gasteiger partial charge in [-0.2, -0.15) is 0 Å². The van der Waals surface area contributed by atoms with Crippen molar-refractivity contribution in [3.63, 3.8) is 0 Å². The molecule has 3 heteroatoms. The van der Waals surface area contributed by atoms with Crippen LogP contribution in [0.2, 0.25) is 0 Å². The van der Waals surface area contributed by atoms with Gasteiger partial charge in [0.05, 0.1) is 6.61 Å². The summed E-state index contributed by atoms with van der Waals surface area (Å²) >= 11 is 0. The molecule has 1 N–H and O–H groups in total. The predicted molar refractivity (Wildman–Crippen MR) is 26.3 cm³/mol. The molecular weight excluding hydrogens is 92.1 g/mol. The van der Waals surface area contributed by atoms with Gasteiger partial charge in [-0.05, 0) is 6.42 Å². The number of nitrogens with one attached hydrogen (secondary N) is 1. The Hall–Kier alpha value is -0.120. The van der Waals surface area contributed by atoms with E-state index < -0.39 is 0 Å². The minimum Gasteiger partial charge on any atom is -0.284 e. The summed E-state index contributed by atoms with van der Waals surface area (Å²) in [6.07, 6.45) is 1.14. The molecule has 1 saturated heterocycles. The fraction of sp³-hybridized carbons (Fsp3) is 1.00. The molecule has 1 aliphatic rings. The van der Waals surface area contributed by atoms with Crippen LogP contribution < -0.4 is 5.43 Å². The number of hydroxylamine groups is 1. The number of hydrogen-bond acceptors (Lipinski definition) is 3. The Morgan fingerprint density at radius 1 is 1.71 bits per heavy atom. The van der Waals surface area contributed by atoms with Gasteiger partial charge < -0.3 is 0 Å². The van der Waals surface area contributed by atoms with E-state index in [4.69, 9.17) is 4.84 Å². The van der Waals surface area contributed by atoms with E-state index in [9.17, 15) is 0 Å². The predicted octanol–water partition coefficient (Wildman–Crippen LogP) is -0.242. The Morgan fingerprint density at radius 2 is 2.57 bits per heavy atom.